The molecule has 4 heteroatoms. The number of nitrogens with two attached hydrogens (primary N) is 1. The summed E-state index contributed by atoms with van der Waals surface area (Å²) >= 11 is 0. The summed E-state index contributed by atoms with van der Waals surface area (Å²) in [7, 11) is 0. The average Bonchev–Trinajstić information content (AvgIpc) is 2.05. The second-order valence-corrected chi connectivity index (χ2v) is 1.82. The fourth-order valence-electron chi connectivity index (χ4n) is 0.635. The van der Waals surface area contributed by atoms with Crippen molar-refractivity contribution in [2.45, 2.75) is 13.3 Å². The van der Waals surface area contributed by atoms with E-state index < -0.39 is 0 Å². The van der Waals surface area contributed by atoms with Gasteiger partial charge in [-0.15, -0.1) is 0 Å². The Hall–Kier alpha value is -1.16. The molecule has 1 rings (SSSR count). The Bertz CT molecular complexity index is 195. The van der Waals surface area contributed by atoms with E-state index in [2.05, 4.69) is 14.8 Å². The predicted molar refractivity (Wildman–Crippen MR) is 36.2 cm³/mol. The molecule has 0 spiro atoms. The first-order valence-corrected chi connectivity index (χ1v) is 3.04. The van der Waals surface area contributed by atoms with Gasteiger partial charge in [0.25, 0.3) is 0 Å². The Morgan fingerprint density at radius 3 is 3.00 bits per heavy atom. The lowest BCUT2D eigenvalue weighted by Gasteiger charge is -1.97. The third-order valence-corrected chi connectivity index (χ3v) is 1.18. The fourth-order valence-corrected chi connectivity index (χ4v) is 0.635. The number of nitrogens with zero attached hydrogens (tertiary/aromatic N) is 2. The topological polar surface area (TPSA) is 61.0 Å². The second-order valence-electron chi connectivity index (χ2n) is 1.82. The lowest BCUT2D eigenvalue weighted by atomic mass is 10.3. The highest BCUT2D eigenvalue weighted by Gasteiger charge is 1.94. The van der Waals surface area contributed by atoms with Crippen LogP contribution in [0.15, 0.2) is 12.4 Å². The maximum absolute atomic E-state index is 4.88. The molecule has 0 saturated carbocycles. The van der Waals surface area contributed by atoms with Crippen LogP contribution in [0.2, 0.25) is 0 Å². The van der Waals surface area contributed by atoms with Gasteiger partial charge in [-0.3, -0.25) is 0 Å². The van der Waals surface area contributed by atoms with Crippen LogP contribution in [0.5, 0.6) is 5.88 Å². The van der Waals surface area contributed by atoms with E-state index in [1.54, 1.807) is 6.07 Å². The van der Waals surface area contributed by atoms with E-state index in [9.17, 15) is 0 Å². The Labute approximate surface area is 59.0 Å². The van der Waals surface area contributed by atoms with Gasteiger partial charge in [-0.1, -0.05) is 6.92 Å². The molecule has 2 N–H and O–H groups in total. The molecule has 0 bridgehead atoms. The van der Waals surface area contributed by atoms with Crippen molar-refractivity contribution < 1.29 is 4.84 Å². The maximum Gasteiger partial charge on any atom is 0.240 e. The molecule has 0 atom stereocenters. The summed E-state index contributed by atoms with van der Waals surface area (Å²) in [6.07, 6.45) is 2.29. The molecule has 1 aromatic heterocycles. The zero-order chi connectivity index (χ0) is 7.40. The minimum atomic E-state index is 0.409. The van der Waals surface area contributed by atoms with Gasteiger partial charge in [0, 0.05) is 11.8 Å². The van der Waals surface area contributed by atoms with Crippen LogP contribution in [0.25, 0.3) is 0 Å². The highest BCUT2D eigenvalue weighted by Crippen LogP contribution is 2.04. The van der Waals surface area contributed by atoms with Crippen LogP contribution in [0, 0.1) is 0 Å². The van der Waals surface area contributed by atoms with E-state index in [0.717, 1.165) is 12.1 Å². The number of hydrogen-bond acceptors (Lipinski definition) is 4. The van der Waals surface area contributed by atoms with Crippen molar-refractivity contribution in [2.24, 2.45) is 5.90 Å². The third kappa shape index (κ3) is 1.41. The minimum Gasteiger partial charge on any atom is -0.391 e. The van der Waals surface area contributed by atoms with Crippen molar-refractivity contribution in [3.05, 3.63) is 18.1 Å². The fraction of sp³-hybridized carbons (Fsp3) is 0.333. The molecule has 54 valence electrons. The molecule has 0 aliphatic carbocycles. The summed E-state index contributed by atoms with van der Waals surface area (Å²) in [5.41, 5.74) is 0.926. The van der Waals surface area contributed by atoms with E-state index in [1.807, 2.05) is 6.92 Å². The summed E-state index contributed by atoms with van der Waals surface area (Å²) in [4.78, 5) is 12.1. The highest BCUT2D eigenvalue weighted by molar-refractivity contribution is 5.12. The van der Waals surface area contributed by atoms with Gasteiger partial charge in [-0.2, -0.15) is 5.90 Å². The Morgan fingerprint density at radius 1 is 1.60 bits per heavy atom. The van der Waals surface area contributed by atoms with Crippen LogP contribution >= 0.6 is 0 Å². The first-order chi connectivity index (χ1) is 4.86. The quantitative estimate of drug-likeness (QED) is 0.598. The minimum absolute atomic E-state index is 0.409. The molecule has 0 radical (unpaired) electrons. The number of aryl methyl sites for hydroxylation is 1. The molecular weight excluding hydrogens is 130 g/mol. The molecule has 0 aliphatic rings. The third-order valence-electron chi connectivity index (χ3n) is 1.18. The predicted octanol–water partition coefficient (Wildman–Crippen LogP) is 0.291. The lowest BCUT2D eigenvalue weighted by Crippen LogP contribution is -2.04. The van der Waals surface area contributed by atoms with Crippen LogP contribution in [0.3, 0.4) is 0 Å². The summed E-state index contributed by atoms with van der Waals surface area (Å²) in [5, 5.41) is 0. The number of rotatable bonds is 2. The van der Waals surface area contributed by atoms with Gasteiger partial charge in [0.1, 0.15) is 6.33 Å². The van der Waals surface area contributed by atoms with E-state index in [4.69, 9.17) is 5.90 Å². The SMILES string of the molecule is CCc1cc(ON)ncn1. The van der Waals surface area contributed by atoms with Crippen LogP contribution in [0.4, 0.5) is 0 Å². The van der Waals surface area contributed by atoms with Crippen molar-refractivity contribution in [1.82, 2.24) is 9.97 Å². The van der Waals surface area contributed by atoms with Gasteiger partial charge in [-0.25, -0.2) is 9.97 Å². The first kappa shape index (κ1) is 6.95. The van der Waals surface area contributed by atoms with Crippen molar-refractivity contribution >= 4 is 0 Å². The standard InChI is InChI=1S/C6H9N3O/c1-2-5-3-6(10-7)9-4-8-5/h3-4H,2,7H2,1H3. The van der Waals surface area contributed by atoms with Gasteiger partial charge in [0.2, 0.25) is 5.88 Å². The summed E-state index contributed by atoms with van der Waals surface area (Å²) in [6.45, 7) is 2.00. The number of aromatic nitrogens is 2. The Morgan fingerprint density at radius 2 is 2.40 bits per heavy atom. The second kappa shape index (κ2) is 3.12. The number of hydrogen-bond donors (Lipinski definition) is 1. The molecule has 1 aromatic rings. The first-order valence-electron chi connectivity index (χ1n) is 3.04. The highest BCUT2D eigenvalue weighted by atomic mass is 16.6. The molecule has 0 aliphatic heterocycles. The normalized spacial score (nSPS) is 9.40. The van der Waals surface area contributed by atoms with Gasteiger partial charge in [0.15, 0.2) is 0 Å². The van der Waals surface area contributed by atoms with Gasteiger partial charge in [0.05, 0.1) is 0 Å². The zero-order valence-electron chi connectivity index (χ0n) is 5.74. The lowest BCUT2D eigenvalue weighted by molar-refractivity contribution is 0.319. The average molecular weight is 139 g/mol. The Kier molecular flexibility index (Phi) is 2.17. The molecule has 4 nitrogen and oxygen atoms in total. The van der Waals surface area contributed by atoms with E-state index in [0.29, 0.717) is 5.88 Å². The van der Waals surface area contributed by atoms with Crippen molar-refractivity contribution in [1.29, 1.82) is 0 Å². The van der Waals surface area contributed by atoms with Crippen LogP contribution in [-0.4, -0.2) is 9.97 Å². The maximum atomic E-state index is 4.88. The van der Waals surface area contributed by atoms with E-state index in [-0.39, 0.29) is 0 Å². The molecule has 10 heavy (non-hydrogen) atoms. The Balaban J connectivity index is 2.87. The van der Waals surface area contributed by atoms with Gasteiger partial charge in [-0.05, 0) is 6.42 Å². The monoisotopic (exact) mass is 139 g/mol. The van der Waals surface area contributed by atoms with Gasteiger partial charge < -0.3 is 4.84 Å². The summed E-state index contributed by atoms with van der Waals surface area (Å²) in [6, 6.07) is 1.71. The van der Waals surface area contributed by atoms with Crippen molar-refractivity contribution in [3.8, 4) is 5.88 Å². The molecule has 0 aromatic carbocycles. The molecule has 1 heterocycles. The molecule has 0 fully saturated rings. The van der Waals surface area contributed by atoms with E-state index in [1.165, 1.54) is 6.33 Å². The molecule has 0 saturated heterocycles. The molecule has 0 amide bonds. The zero-order valence-corrected chi connectivity index (χ0v) is 5.74. The molecular formula is C6H9N3O. The van der Waals surface area contributed by atoms with Crippen molar-refractivity contribution in [2.75, 3.05) is 0 Å². The summed E-state index contributed by atoms with van der Waals surface area (Å²) < 4.78 is 0. The molecule has 0 unspecified atom stereocenters. The van der Waals surface area contributed by atoms with E-state index >= 15 is 0 Å². The smallest absolute Gasteiger partial charge is 0.240 e. The van der Waals surface area contributed by atoms with Gasteiger partial charge >= 0.3 is 0 Å². The largest absolute Gasteiger partial charge is 0.391 e. The van der Waals surface area contributed by atoms with Crippen LogP contribution in [-0.2, 0) is 6.42 Å². The van der Waals surface area contributed by atoms with Crippen LogP contribution < -0.4 is 10.7 Å². The van der Waals surface area contributed by atoms with Crippen LogP contribution in [0.1, 0.15) is 12.6 Å². The summed E-state index contributed by atoms with van der Waals surface area (Å²) in [5.74, 6) is 5.29. The van der Waals surface area contributed by atoms with Crippen molar-refractivity contribution in [3.63, 3.8) is 0 Å².